The Balaban J connectivity index is 1.62. The van der Waals surface area contributed by atoms with Gasteiger partial charge in [-0.2, -0.15) is 10.1 Å². The minimum Gasteiger partial charge on any atom is -0.328 e. The van der Waals surface area contributed by atoms with Crippen molar-refractivity contribution in [3.63, 3.8) is 0 Å². The maximum absolute atomic E-state index is 14.0. The average molecular weight is 406 g/mol. The summed E-state index contributed by atoms with van der Waals surface area (Å²) in [7, 11) is 0. The number of nitrogens with zero attached hydrogens (tertiary/aromatic N) is 3. The lowest BCUT2D eigenvalue weighted by atomic mass is 9.78. The standard InChI is InChI=1S/C23H20F2N4O/c1-12-3-5-14(6-4-12)15-9-19-21(20(30)10-15)22(16-7-17(24)11-18(25)8-16)29-23(27-19)26-13(2)28-29/h3-8,11,15,22H,9-10H2,1-2H3,(H,26,27,28)/t15-,22+/m0/s1. The van der Waals surface area contributed by atoms with Crippen LogP contribution in [0.4, 0.5) is 14.7 Å². The normalized spacial score (nSPS) is 20.6. The summed E-state index contributed by atoms with van der Waals surface area (Å²) < 4.78 is 29.5. The van der Waals surface area contributed by atoms with Gasteiger partial charge in [0.1, 0.15) is 23.5 Å². The van der Waals surface area contributed by atoms with Crippen molar-refractivity contribution < 1.29 is 13.6 Å². The van der Waals surface area contributed by atoms with Crippen molar-refractivity contribution in [2.24, 2.45) is 0 Å². The molecule has 2 atom stereocenters. The summed E-state index contributed by atoms with van der Waals surface area (Å²) in [6.07, 6.45) is 0.950. The number of hydrogen-bond acceptors (Lipinski definition) is 4. The Morgan fingerprint density at radius 1 is 1.00 bits per heavy atom. The molecule has 0 spiro atoms. The number of benzene rings is 2. The second-order valence-corrected chi connectivity index (χ2v) is 7.99. The molecule has 0 unspecified atom stereocenters. The van der Waals surface area contributed by atoms with Crippen molar-refractivity contribution in [1.29, 1.82) is 0 Å². The number of Topliss-reactive ketones (excluding diaryl/α,β-unsaturated/α-hetero) is 1. The summed E-state index contributed by atoms with van der Waals surface area (Å²) in [5.41, 5.74) is 3.84. The number of hydrogen-bond donors (Lipinski definition) is 1. The number of nitrogens with one attached hydrogen (secondary N) is 1. The van der Waals surface area contributed by atoms with E-state index in [9.17, 15) is 13.6 Å². The van der Waals surface area contributed by atoms with Crippen LogP contribution in [0, 0.1) is 25.5 Å². The molecule has 3 aromatic rings. The average Bonchev–Trinajstić information content (AvgIpc) is 3.05. The number of halogens is 2. The summed E-state index contributed by atoms with van der Waals surface area (Å²) >= 11 is 0. The molecule has 0 bridgehead atoms. The Kier molecular flexibility index (Phi) is 4.27. The highest BCUT2D eigenvalue weighted by Crippen LogP contribution is 2.44. The molecule has 30 heavy (non-hydrogen) atoms. The van der Waals surface area contributed by atoms with E-state index in [0.717, 1.165) is 22.9 Å². The molecule has 2 heterocycles. The van der Waals surface area contributed by atoms with Gasteiger partial charge in [-0.1, -0.05) is 29.8 Å². The Morgan fingerprint density at radius 2 is 1.70 bits per heavy atom. The predicted molar refractivity (Wildman–Crippen MR) is 108 cm³/mol. The van der Waals surface area contributed by atoms with E-state index in [2.05, 4.69) is 15.4 Å². The van der Waals surface area contributed by atoms with E-state index >= 15 is 0 Å². The molecule has 1 aromatic heterocycles. The lowest BCUT2D eigenvalue weighted by Crippen LogP contribution is -2.33. The maximum Gasteiger partial charge on any atom is 0.226 e. The Labute approximate surface area is 172 Å². The molecule has 0 saturated heterocycles. The first kappa shape index (κ1) is 18.7. The number of anilines is 1. The summed E-state index contributed by atoms with van der Waals surface area (Å²) in [6, 6.07) is 10.8. The zero-order chi connectivity index (χ0) is 21.0. The maximum atomic E-state index is 14.0. The highest BCUT2D eigenvalue weighted by molar-refractivity contribution is 6.00. The van der Waals surface area contributed by atoms with Crippen molar-refractivity contribution in [2.45, 2.75) is 38.6 Å². The molecule has 2 aliphatic rings. The van der Waals surface area contributed by atoms with Crippen LogP contribution in [-0.2, 0) is 4.79 Å². The monoisotopic (exact) mass is 406 g/mol. The fourth-order valence-corrected chi connectivity index (χ4v) is 4.43. The van der Waals surface area contributed by atoms with E-state index in [0.29, 0.717) is 35.8 Å². The van der Waals surface area contributed by atoms with Crippen LogP contribution in [0.3, 0.4) is 0 Å². The van der Waals surface area contributed by atoms with Gasteiger partial charge in [-0.25, -0.2) is 13.5 Å². The van der Waals surface area contributed by atoms with Crippen LogP contribution in [0.2, 0.25) is 0 Å². The highest BCUT2D eigenvalue weighted by Gasteiger charge is 2.39. The number of fused-ring (bicyclic) bond motifs is 1. The van der Waals surface area contributed by atoms with Gasteiger partial charge >= 0.3 is 0 Å². The number of carbonyl (C=O) groups excluding carboxylic acids is 1. The van der Waals surface area contributed by atoms with Gasteiger partial charge in [0.15, 0.2) is 5.78 Å². The molecule has 5 nitrogen and oxygen atoms in total. The number of rotatable bonds is 2. The van der Waals surface area contributed by atoms with Gasteiger partial charge in [-0.05, 0) is 49.4 Å². The van der Waals surface area contributed by atoms with E-state index in [1.54, 1.807) is 11.6 Å². The smallest absolute Gasteiger partial charge is 0.226 e. The topological polar surface area (TPSA) is 59.8 Å². The Morgan fingerprint density at radius 3 is 2.40 bits per heavy atom. The molecule has 0 fully saturated rings. The first-order valence-corrected chi connectivity index (χ1v) is 9.88. The van der Waals surface area contributed by atoms with E-state index in [4.69, 9.17) is 0 Å². The van der Waals surface area contributed by atoms with Crippen LogP contribution < -0.4 is 5.32 Å². The second-order valence-electron chi connectivity index (χ2n) is 7.99. The van der Waals surface area contributed by atoms with Gasteiger partial charge in [0.25, 0.3) is 0 Å². The first-order chi connectivity index (χ1) is 14.4. The van der Waals surface area contributed by atoms with Crippen LogP contribution in [-0.4, -0.2) is 20.5 Å². The molecule has 0 amide bonds. The summed E-state index contributed by atoms with van der Waals surface area (Å²) in [5.74, 6) is -0.414. The van der Waals surface area contributed by atoms with E-state index < -0.39 is 17.7 Å². The molecule has 0 saturated carbocycles. The van der Waals surface area contributed by atoms with E-state index in [1.807, 2.05) is 31.2 Å². The summed E-state index contributed by atoms with van der Waals surface area (Å²) in [5, 5.41) is 7.64. The van der Waals surface area contributed by atoms with Gasteiger partial charge in [0, 0.05) is 23.8 Å². The molecule has 152 valence electrons. The molecule has 5 rings (SSSR count). The number of carbonyl (C=O) groups is 1. The molecular weight excluding hydrogens is 386 g/mol. The van der Waals surface area contributed by atoms with Crippen molar-refractivity contribution in [2.75, 3.05) is 5.32 Å². The van der Waals surface area contributed by atoms with Gasteiger partial charge in [0.2, 0.25) is 5.95 Å². The molecule has 0 radical (unpaired) electrons. The molecule has 1 N–H and O–H groups in total. The minimum atomic E-state index is -0.714. The quantitative estimate of drug-likeness (QED) is 0.676. The van der Waals surface area contributed by atoms with Crippen molar-refractivity contribution in [1.82, 2.24) is 14.8 Å². The van der Waals surface area contributed by atoms with Crippen molar-refractivity contribution in [3.05, 3.63) is 87.9 Å². The van der Waals surface area contributed by atoms with Crippen LogP contribution in [0.1, 0.15) is 47.3 Å². The Bertz CT molecular complexity index is 1180. The number of ketones is 1. The number of aryl methyl sites for hydroxylation is 2. The van der Waals surface area contributed by atoms with Crippen LogP contribution in [0.5, 0.6) is 0 Å². The lowest BCUT2D eigenvalue weighted by Gasteiger charge is -2.35. The molecule has 2 aromatic carbocycles. The van der Waals surface area contributed by atoms with E-state index in [-0.39, 0.29) is 11.7 Å². The number of aromatic nitrogens is 3. The fraction of sp³-hybridized carbons (Fsp3) is 0.261. The lowest BCUT2D eigenvalue weighted by molar-refractivity contribution is -0.116. The zero-order valence-corrected chi connectivity index (χ0v) is 16.6. The van der Waals surface area contributed by atoms with Crippen molar-refractivity contribution in [3.8, 4) is 0 Å². The van der Waals surface area contributed by atoms with Gasteiger partial charge in [-0.3, -0.25) is 4.79 Å². The molecule has 1 aliphatic heterocycles. The third-order valence-electron chi connectivity index (χ3n) is 5.78. The minimum absolute atomic E-state index is 0.0322. The Hall–Kier alpha value is -3.35. The summed E-state index contributed by atoms with van der Waals surface area (Å²) in [6.45, 7) is 3.77. The predicted octanol–water partition coefficient (Wildman–Crippen LogP) is 4.59. The third-order valence-corrected chi connectivity index (χ3v) is 5.78. The van der Waals surface area contributed by atoms with Gasteiger partial charge in [0.05, 0.1) is 0 Å². The molecular formula is C23H20F2N4O. The largest absolute Gasteiger partial charge is 0.328 e. The van der Waals surface area contributed by atoms with Crippen LogP contribution in [0.15, 0.2) is 53.7 Å². The highest BCUT2D eigenvalue weighted by atomic mass is 19.1. The SMILES string of the molecule is Cc1ccc([C@@H]2CC(=O)C3=C(C2)Nc2nc(C)nn2[C@@H]3c2cc(F)cc(F)c2)cc1. The second kappa shape index (κ2) is 6.86. The molecule has 1 aliphatic carbocycles. The number of allylic oxidation sites excluding steroid dienone is 2. The fourth-order valence-electron chi connectivity index (χ4n) is 4.43. The van der Waals surface area contributed by atoms with Gasteiger partial charge < -0.3 is 5.32 Å². The first-order valence-electron chi connectivity index (χ1n) is 9.88. The van der Waals surface area contributed by atoms with E-state index in [1.165, 1.54) is 12.1 Å². The van der Waals surface area contributed by atoms with Gasteiger partial charge in [-0.15, -0.1) is 0 Å². The zero-order valence-electron chi connectivity index (χ0n) is 16.6. The summed E-state index contributed by atoms with van der Waals surface area (Å²) in [4.78, 5) is 17.7. The van der Waals surface area contributed by atoms with Crippen LogP contribution in [0.25, 0.3) is 0 Å². The van der Waals surface area contributed by atoms with Crippen molar-refractivity contribution >= 4 is 11.7 Å². The molecule has 7 heteroatoms. The van der Waals surface area contributed by atoms with Crippen LogP contribution >= 0.6 is 0 Å². The third kappa shape index (κ3) is 3.10.